The molecule has 1 fully saturated rings. The second-order valence-electron chi connectivity index (χ2n) is 12.0. The Morgan fingerprint density at radius 3 is 1.33 bits per heavy atom. The van der Waals surface area contributed by atoms with Crippen molar-refractivity contribution in [2.24, 2.45) is 5.73 Å². The zero-order chi connectivity index (χ0) is 45.0. The number of hydrogen-bond donors (Lipinski definition) is 7. The summed E-state index contributed by atoms with van der Waals surface area (Å²) >= 11 is 4.95. The summed E-state index contributed by atoms with van der Waals surface area (Å²) in [5.74, 6) is 0. The molecular weight excluding hydrogens is 827 g/mol. The maximum atomic E-state index is 11.7. The van der Waals surface area contributed by atoms with Crippen LogP contribution in [0.1, 0.15) is 89.3 Å². The van der Waals surface area contributed by atoms with Crippen LogP contribution in [0.5, 0.6) is 0 Å². The van der Waals surface area contributed by atoms with E-state index in [4.69, 9.17) is 37.4 Å². The number of nitrogens with two attached hydrogens (primary N) is 1. The molecule has 0 aliphatic carbocycles. The molecule has 0 spiro atoms. The van der Waals surface area contributed by atoms with Crippen molar-refractivity contribution >= 4 is 35.7 Å². The molecule has 0 amide bonds. The van der Waals surface area contributed by atoms with Crippen molar-refractivity contribution in [3.63, 3.8) is 0 Å². The van der Waals surface area contributed by atoms with E-state index >= 15 is 0 Å². The molecule has 0 saturated carbocycles. The molecule has 1 aromatic heterocycles. The molecule has 57 heavy (non-hydrogen) atoms. The lowest BCUT2D eigenvalue weighted by Crippen LogP contribution is -2.40. The molecule has 2 rings (SSSR count). The standard InChI is InChI=1S/C9H16N3O13P3S.4C6H15N/c10-6-7(14)4(23-8(6)12-2-1-5(13)11-9(12)29)3-22-27(18,19)25-28(20,21)24-26(15,16)17;4*1-4-7(5-2)6-3/h1-2,4,6-8,14H,3,10H2,(H,18,19)(H,20,21)(H,11,13,29)(H2,15,16,17);4*4-6H2,1-3H3/t4-,6-,7-,8-;;;;/m1..../s1. The fourth-order valence-electron chi connectivity index (χ4n) is 4.94. The van der Waals surface area contributed by atoms with Gasteiger partial charge in [0, 0.05) is 12.3 Å². The Balaban J connectivity index is -0.000000838. The molecule has 0 aromatic carbocycles. The molecule has 24 heteroatoms. The van der Waals surface area contributed by atoms with Crippen molar-refractivity contribution in [1.82, 2.24) is 29.2 Å². The fraction of sp³-hybridized carbons (Fsp3) is 0.879. The minimum absolute atomic E-state index is 0.0845. The number of H-pyrrole nitrogens is 1. The summed E-state index contributed by atoms with van der Waals surface area (Å²) in [4.78, 5) is 58.5. The van der Waals surface area contributed by atoms with Crippen LogP contribution in [0.25, 0.3) is 0 Å². The Hall–Kier alpha value is -0.770. The SMILES string of the molecule is CCN(CC)CC.CCN(CC)CC.CCN(CC)CC.CCN(CC)CC.N[C@@H]1[C@H](O)[C@@H](COP(=O)(O)OP(=O)(O)OP(=O)(O)O)O[C@H]1n1ccc(=O)[nH]c1=S. The highest BCUT2D eigenvalue weighted by Crippen LogP contribution is 2.66. The molecule has 1 aliphatic heterocycles. The first-order valence-electron chi connectivity index (χ1n) is 19.6. The van der Waals surface area contributed by atoms with Crippen LogP contribution in [0.15, 0.2) is 17.1 Å². The summed E-state index contributed by atoms with van der Waals surface area (Å²) in [6.07, 6.45) is -2.69. The first-order chi connectivity index (χ1) is 26.5. The number of aliphatic hydroxyl groups excluding tert-OH is 1. The third kappa shape index (κ3) is 28.4. The van der Waals surface area contributed by atoms with E-state index in [1.54, 1.807) is 0 Å². The van der Waals surface area contributed by atoms with Crippen molar-refractivity contribution < 1.29 is 56.3 Å². The molecular formula is C33H76N7O13P3S. The second kappa shape index (κ2) is 32.9. The van der Waals surface area contributed by atoms with Crippen LogP contribution >= 0.6 is 35.7 Å². The molecule has 2 unspecified atom stereocenters. The Morgan fingerprint density at radius 1 is 0.702 bits per heavy atom. The molecule has 0 radical (unpaired) electrons. The van der Waals surface area contributed by atoms with Gasteiger partial charge < -0.3 is 54.8 Å². The molecule has 342 valence electrons. The third-order valence-corrected chi connectivity index (χ3v) is 12.8. The molecule has 0 bridgehead atoms. The van der Waals surface area contributed by atoms with Crippen molar-refractivity contribution in [3.8, 4) is 0 Å². The van der Waals surface area contributed by atoms with Gasteiger partial charge in [0.2, 0.25) is 0 Å². The smallest absolute Gasteiger partial charge is 0.389 e. The van der Waals surface area contributed by atoms with Gasteiger partial charge in [0.25, 0.3) is 5.56 Å². The maximum Gasteiger partial charge on any atom is 0.490 e. The van der Waals surface area contributed by atoms with E-state index in [9.17, 15) is 28.5 Å². The van der Waals surface area contributed by atoms with E-state index in [2.05, 4.69) is 121 Å². The van der Waals surface area contributed by atoms with E-state index in [1.807, 2.05) is 0 Å². The van der Waals surface area contributed by atoms with E-state index in [1.165, 1.54) is 89.3 Å². The molecule has 1 aromatic rings. The van der Waals surface area contributed by atoms with Gasteiger partial charge in [-0.15, -0.1) is 0 Å². The zero-order valence-corrected chi connectivity index (χ0v) is 39.7. The number of nitrogens with zero attached hydrogens (tertiary/aromatic N) is 5. The van der Waals surface area contributed by atoms with Gasteiger partial charge in [-0.2, -0.15) is 8.62 Å². The topological polar surface area (TPSA) is 266 Å². The number of phosphoric ester groups is 1. The van der Waals surface area contributed by atoms with Crippen molar-refractivity contribution in [1.29, 1.82) is 0 Å². The minimum Gasteiger partial charge on any atom is -0.389 e. The highest BCUT2D eigenvalue weighted by Gasteiger charge is 2.45. The van der Waals surface area contributed by atoms with Gasteiger partial charge in [0.15, 0.2) is 11.0 Å². The predicted molar refractivity (Wildman–Crippen MR) is 227 cm³/mol. The van der Waals surface area contributed by atoms with Crippen LogP contribution < -0.4 is 11.3 Å². The van der Waals surface area contributed by atoms with Crippen molar-refractivity contribution in [2.45, 2.75) is 108 Å². The number of rotatable bonds is 20. The first kappa shape index (κ1) is 60.5. The van der Waals surface area contributed by atoms with Gasteiger partial charge in [0.05, 0.1) is 12.6 Å². The van der Waals surface area contributed by atoms with Gasteiger partial charge >= 0.3 is 23.5 Å². The number of nitrogens with one attached hydrogen (secondary N) is 1. The molecule has 8 N–H and O–H groups in total. The zero-order valence-electron chi connectivity index (χ0n) is 36.2. The van der Waals surface area contributed by atoms with Gasteiger partial charge in [0.1, 0.15) is 12.2 Å². The van der Waals surface area contributed by atoms with Crippen LogP contribution in [0.3, 0.4) is 0 Å². The molecule has 2 heterocycles. The van der Waals surface area contributed by atoms with Gasteiger partial charge in [-0.25, -0.2) is 13.7 Å². The fourth-order valence-corrected chi connectivity index (χ4v) is 8.23. The lowest BCUT2D eigenvalue weighted by Gasteiger charge is -2.19. The number of aromatic nitrogens is 2. The van der Waals surface area contributed by atoms with E-state index in [0.717, 1.165) is 6.07 Å². The van der Waals surface area contributed by atoms with Gasteiger partial charge in [-0.1, -0.05) is 83.1 Å². The Bertz CT molecular complexity index is 1340. The molecule has 6 atom stereocenters. The average Bonchev–Trinajstić information content (AvgIpc) is 3.42. The number of aliphatic hydroxyl groups is 1. The highest BCUT2D eigenvalue weighted by atomic mass is 32.1. The van der Waals surface area contributed by atoms with Crippen LogP contribution in [0.2, 0.25) is 0 Å². The molecule has 1 aliphatic rings. The summed E-state index contributed by atoms with van der Waals surface area (Å²) in [6.45, 7) is 39.6. The summed E-state index contributed by atoms with van der Waals surface area (Å²) < 4.78 is 51.6. The predicted octanol–water partition coefficient (Wildman–Crippen LogP) is 4.23. The summed E-state index contributed by atoms with van der Waals surface area (Å²) in [7, 11) is -16.6. The molecule has 20 nitrogen and oxygen atoms in total. The number of phosphoric acid groups is 3. The summed E-state index contributed by atoms with van der Waals surface area (Å²) in [5.41, 5.74) is 5.32. The van der Waals surface area contributed by atoms with Crippen LogP contribution in [0, 0.1) is 4.77 Å². The van der Waals surface area contributed by atoms with Crippen molar-refractivity contribution in [2.75, 3.05) is 85.1 Å². The normalized spacial score (nSPS) is 20.0. The molecule has 1 saturated heterocycles. The maximum absolute atomic E-state index is 11.7. The number of aromatic amines is 1. The quantitative estimate of drug-likeness (QED) is 0.0713. The lowest BCUT2D eigenvalue weighted by atomic mass is 10.1. The summed E-state index contributed by atoms with van der Waals surface area (Å²) in [5, 5.41) is 10.1. The third-order valence-electron chi connectivity index (χ3n) is 8.73. The van der Waals surface area contributed by atoms with Crippen LogP contribution in [-0.2, 0) is 31.6 Å². The Kier molecular flexibility index (Phi) is 35.0. The minimum atomic E-state index is -5.68. The van der Waals surface area contributed by atoms with Crippen molar-refractivity contribution in [3.05, 3.63) is 27.4 Å². The second-order valence-corrected chi connectivity index (χ2v) is 16.8. The first-order valence-corrected chi connectivity index (χ1v) is 24.5. The van der Waals surface area contributed by atoms with E-state index in [-0.39, 0.29) is 4.77 Å². The van der Waals surface area contributed by atoms with E-state index in [0.29, 0.717) is 0 Å². The van der Waals surface area contributed by atoms with Gasteiger partial charge in [-0.3, -0.25) is 18.9 Å². The van der Waals surface area contributed by atoms with Crippen LogP contribution in [-0.4, -0.2) is 157 Å². The summed E-state index contributed by atoms with van der Waals surface area (Å²) in [6, 6.07) is -0.0142. The largest absolute Gasteiger partial charge is 0.490 e. The number of ether oxygens (including phenoxy) is 1. The highest BCUT2D eigenvalue weighted by molar-refractivity contribution is 7.71. The number of hydrogen-bond acceptors (Lipinski definition) is 15. The lowest BCUT2D eigenvalue weighted by molar-refractivity contribution is -0.0449. The Morgan fingerprint density at radius 2 is 1.05 bits per heavy atom. The van der Waals surface area contributed by atoms with Crippen LogP contribution in [0.4, 0.5) is 0 Å². The average molecular weight is 904 g/mol. The van der Waals surface area contributed by atoms with Gasteiger partial charge in [-0.05, 0) is 90.8 Å². The Labute approximate surface area is 346 Å². The van der Waals surface area contributed by atoms with E-state index < -0.39 is 60.1 Å². The monoisotopic (exact) mass is 903 g/mol.